The molecule has 3 heteroatoms. The van der Waals surface area contributed by atoms with Crippen LogP contribution in [0.1, 0.15) is 25.5 Å². The number of anilines is 1. The van der Waals surface area contributed by atoms with Gasteiger partial charge in [-0.1, -0.05) is 23.7 Å². The maximum Gasteiger partial charge on any atom is 0.0762 e. The summed E-state index contributed by atoms with van der Waals surface area (Å²) in [6, 6.07) is 5.66. The fourth-order valence-corrected chi connectivity index (χ4v) is 1.90. The summed E-state index contributed by atoms with van der Waals surface area (Å²) in [5.74, 6) is 0. The summed E-state index contributed by atoms with van der Waals surface area (Å²) in [7, 11) is 0. The highest BCUT2D eigenvalue weighted by molar-refractivity contribution is 6.33. The van der Waals surface area contributed by atoms with E-state index in [0.29, 0.717) is 5.02 Å². The number of aliphatic hydroxyl groups excluding tert-OH is 1. The highest BCUT2D eigenvalue weighted by atomic mass is 35.5. The average molecular weight is 240 g/mol. The zero-order valence-corrected chi connectivity index (χ0v) is 10.5. The first kappa shape index (κ1) is 13.1. The van der Waals surface area contributed by atoms with Gasteiger partial charge in [-0.3, -0.25) is 0 Å². The molecule has 88 valence electrons. The number of hydrogen-bond donors (Lipinski definition) is 1. The van der Waals surface area contributed by atoms with Crippen molar-refractivity contribution in [1.29, 1.82) is 0 Å². The summed E-state index contributed by atoms with van der Waals surface area (Å²) in [4.78, 5) is 2.13. The zero-order chi connectivity index (χ0) is 12.1. The second-order valence-electron chi connectivity index (χ2n) is 3.71. The lowest BCUT2D eigenvalue weighted by Gasteiger charge is -2.23. The van der Waals surface area contributed by atoms with E-state index in [4.69, 9.17) is 11.6 Å². The first-order valence-corrected chi connectivity index (χ1v) is 5.81. The molecular weight excluding hydrogens is 222 g/mol. The molecule has 0 fully saturated rings. The van der Waals surface area contributed by atoms with Gasteiger partial charge in [-0.15, -0.1) is 6.58 Å². The normalized spacial score (nSPS) is 12.2. The summed E-state index contributed by atoms with van der Waals surface area (Å²) in [6.45, 7) is 9.17. The van der Waals surface area contributed by atoms with Crippen molar-refractivity contribution < 1.29 is 5.11 Å². The molecule has 1 atom stereocenters. The van der Waals surface area contributed by atoms with Crippen molar-refractivity contribution in [2.24, 2.45) is 0 Å². The van der Waals surface area contributed by atoms with E-state index in [2.05, 4.69) is 18.4 Å². The lowest BCUT2D eigenvalue weighted by Crippen LogP contribution is -2.22. The van der Waals surface area contributed by atoms with Gasteiger partial charge in [-0.25, -0.2) is 0 Å². The highest BCUT2D eigenvalue weighted by Gasteiger charge is 2.09. The van der Waals surface area contributed by atoms with Crippen molar-refractivity contribution in [3.05, 3.63) is 41.4 Å². The van der Waals surface area contributed by atoms with E-state index in [0.717, 1.165) is 24.3 Å². The molecule has 1 rings (SSSR count). The predicted molar refractivity (Wildman–Crippen MR) is 70.2 cm³/mol. The van der Waals surface area contributed by atoms with Crippen LogP contribution in [0, 0.1) is 0 Å². The Morgan fingerprint density at radius 1 is 1.56 bits per heavy atom. The Morgan fingerprint density at radius 3 is 2.69 bits per heavy atom. The molecule has 2 nitrogen and oxygen atoms in total. The zero-order valence-electron chi connectivity index (χ0n) is 9.78. The van der Waals surface area contributed by atoms with Gasteiger partial charge in [-0.2, -0.15) is 0 Å². The maximum atomic E-state index is 9.45. The van der Waals surface area contributed by atoms with Crippen LogP contribution in [0.25, 0.3) is 0 Å². The number of benzene rings is 1. The molecule has 1 aromatic carbocycles. The van der Waals surface area contributed by atoms with E-state index in [1.165, 1.54) is 0 Å². The molecule has 0 saturated heterocycles. The van der Waals surface area contributed by atoms with Gasteiger partial charge in [0.15, 0.2) is 0 Å². The van der Waals surface area contributed by atoms with Crippen LogP contribution in [0.2, 0.25) is 5.02 Å². The molecule has 0 aliphatic rings. The molecule has 0 radical (unpaired) electrons. The van der Waals surface area contributed by atoms with Crippen LogP contribution in [-0.2, 0) is 0 Å². The largest absolute Gasteiger partial charge is 0.389 e. The Morgan fingerprint density at radius 2 is 2.25 bits per heavy atom. The van der Waals surface area contributed by atoms with Crippen molar-refractivity contribution in [2.45, 2.75) is 20.0 Å². The van der Waals surface area contributed by atoms with Crippen LogP contribution < -0.4 is 4.90 Å². The predicted octanol–water partition coefficient (Wildman–Crippen LogP) is 3.41. The molecule has 16 heavy (non-hydrogen) atoms. The van der Waals surface area contributed by atoms with E-state index in [1.807, 2.05) is 24.3 Å². The van der Waals surface area contributed by atoms with Crippen LogP contribution in [0.15, 0.2) is 30.9 Å². The lowest BCUT2D eigenvalue weighted by atomic mass is 10.1. The Bertz CT molecular complexity index is 363. The summed E-state index contributed by atoms with van der Waals surface area (Å²) < 4.78 is 0. The summed E-state index contributed by atoms with van der Waals surface area (Å²) >= 11 is 6.20. The van der Waals surface area contributed by atoms with Crippen LogP contribution in [-0.4, -0.2) is 18.2 Å². The molecule has 0 heterocycles. The fourth-order valence-electron chi connectivity index (χ4n) is 1.59. The van der Waals surface area contributed by atoms with E-state index in [9.17, 15) is 5.11 Å². The van der Waals surface area contributed by atoms with Gasteiger partial charge in [0, 0.05) is 13.1 Å². The van der Waals surface area contributed by atoms with Gasteiger partial charge in [0.2, 0.25) is 0 Å². The Hall–Kier alpha value is -0.990. The number of halogens is 1. The number of rotatable bonds is 5. The molecule has 0 aliphatic heterocycles. The van der Waals surface area contributed by atoms with E-state index >= 15 is 0 Å². The topological polar surface area (TPSA) is 23.5 Å². The second-order valence-corrected chi connectivity index (χ2v) is 4.12. The van der Waals surface area contributed by atoms with Crippen LogP contribution in [0.5, 0.6) is 0 Å². The van der Waals surface area contributed by atoms with Gasteiger partial charge in [0.1, 0.15) is 0 Å². The summed E-state index contributed by atoms with van der Waals surface area (Å²) in [5.41, 5.74) is 1.82. The highest BCUT2D eigenvalue weighted by Crippen LogP contribution is 2.28. The molecule has 0 amide bonds. The molecule has 0 bridgehead atoms. The van der Waals surface area contributed by atoms with Crippen LogP contribution >= 0.6 is 11.6 Å². The molecular formula is C13H18ClNO. The number of hydrogen-bond acceptors (Lipinski definition) is 2. The lowest BCUT2D eigenvalue weighted by molar-refractivity contribution is 0.199. The summed E-state index contributed by atoms with van der Waals surface area (Å²) in [5, 5.41) is 10.1. The number of likely N-dealkylation sites (N-methyl/N-ethyl adjacent to an activating group) is 1. The molecule has 1 aromatic rings. The quantitative estimate of drug-likeness (QED) is 0.796. The van der Waals surface area contributed by atoms with Crippen LogP contribution in [0.3, 0.4) is 0 Å². The van der Waals surface area contributed by atoms with Gasteiger partial charge in [-0.05, 0) is 31.5 Å². The molecule has 0 unspecified atom stereocenters. The maximum absolute atomic E-state index is 9.45. The Kier molecular flexibility index (Phi) is 4.84. The van der Waals surface area contributed by atoms with Gasteiger partial charge in [0.25, 0.3) is 0 Å². The van der Waals surface area contributed by atoms with Crippen molar-refractivity contribution in [2.75, 3.05) is 18.0 Å². The molecule has 0 aliphatic carbocycles. The second kappa shape index (κ2) is 5.92. The van der Waals surface area contributed by atoms with Gasteiger partial charge in [0.05, 0.1) is 16.8 Å². The van der Waals surface area contributed by atoms with Crippen molar-refractivity contribution in [3.8, 4) is 0 Å². The number of aliphatic hydroxyl groups is 1. The molecule has 1 N–H and O–H groups in total. The minimum absolute atomic E-state index is 0.485. The first-order valence-electron chi connectivity index (χ1n) is 5.43. The van der Waals surface area contributed by atoms with Gasteiger partial charge >= 0.3 is 0 Å². The van der Waals surface area contributed by atoms with Crippen molar-refractivity contribution >= 4 is 17.3 Å². The van der Waals surface area contributed by atoms with Crippen molar-refractivity contribution in [1.82, 2.24) is 0 Å². The SMILES string of the molecule is C=CCN(CC)c1ccc([C@H](C)O)cc1Cl. The molecule has 0 saturated carbocycles. The van der Waals surface area contributed by atoms with Crippen molar-refractivity contribution in [3.63, 3.8) is 0 Å². The van der Waals surface area contributed by atoms with Gasteiger partial charge < -0.3 is 10.0 Å². The smallest absolute Gasteiger partial charge is 0.0762 e. The standard InChI is InChI=1S/C13H18ClNO/c1-4-8-15(5-2)13-7-6-11(10(3)16)9-12(13)14/h4,6-7,9-10,16H,1,5,8H2,2-3H3/t10-/m0/s1. The minimum Gasteiger partial charge on any atom is -0.389 e. The average Bonchev–Trinajstić information content (AvgIpc) is 2.26. The van der Waals surface area contributed by atoms with E-state index < -0.39 is 6.10 Å². The third-order valence-electron chi connectivity index (χ3n) is 2.53. The van der Waals surface area contributed by atoms with Crippen LogP contribution in [0.4, 0.5) is 5.69 Å². The molecule has 0 aromatic heterocycles. The third-order valence-corrected chi connectivity index (χ3v) is 2.83. The number of nitrogens with zero attached hydrogens (tertiary/aromatic N) is 1. The Balaban J connectivity index is 3.01. The first-order chi connectivity index (χ1) is 7.60. The molecule has 0 spiro atoms. The Labute approximate surface area is 102 Å². The van der Waals surface area contributed by atoms with E-state index in [-0.39, 0.29) is 0 Å². The fraction of sp³-hybridized carbons (Fsp3) is 0.385. The summed E-state index contributed by atoms with van der Waals surface area (Å²) in [6.07, 6.45) is 1.36. The minimum atomic E-state index is -0.485. The monoisotopic (exact) mass is 239 g/mol. The third kappa shape index (κ3) is 3.00. The van der Waals surface area contributed by atoms with E-state index in [1.54, 1.807) is 6.92 Å².